The van der Waals surface area contributed by atoms with Crippen LogP contribution in [0.3, 0.4) is 0 Å². The van der Waals surface area contributed by atoms with Gasteiger partial charge in [-0.2, -0.15) is 5.10 Å². The molecule has 0 fully saturated rings. The van der Waals surface area contributed by atoms with Gasteiger partial charge in [-0.1, -0.05) is 29.8 Å². The number of hydrogen-bond acceptors (Lipinski definition) is 5. The average molecular weight is 284 g/mol. The molecule has 0 saturated carbocycles. The fraction of sp³-hybridized carbons (Fsp3) is 0.0714. The minimum Gasteiger partial charge on any atom is -0.291 e. The van der Waals surface area contributed by atoms with E-state index in [0.29, 0.717) is 16.2 Å². The molecule has 0 amide bonds. The second-order valence-electron chi connectivity index (χ2n) is 4.33. The van der Waals surface area contributed by atoms with Gasteiger partial charge in [0.1, 0.15) is 4.83 Å². The number of thiophene rings is 1. The first-order valence-electron chi connectivity index (χ1n) is 6.06. The maximum absolute atomic E-state index is 11.8. The quantitative estimate of drug-likeness (QED) is 0.574. The Morgan fingerprint density at radius 3 is 2.90 bits per heavy atom. The van der Waals surface area contributed by atoms with Crippen LogP contribution in [0.5, 0.6) is 0 Å². The van der Waals surface area contributed by atoms with E-state index in [1.165, 1.54) is 16.9 Å². The molecule has 3 rings (SSSR count). The number of rotatable bonds is 3. The highest BCUT2D eigenvalue weighted by Crippen LogP contribution is 2.15. The lowest BCUT2D eigenvalue weighted by atomic mass is 10.2. The van der Waals surface area contributed by atoms with Gasteiger partial charge < -0.3 is 0 Å². The third kappa shape index (κ3) is 2.60. The lowest BCUT2D eigenvalue weighted by molar-refractivity contribution is 1.13. The Bertz CT molecular complexity index is 817. The number of aromatic nitrogens is 2. The van der Waals surface area contributed by atoms with E-state index in [0.717, 1.165) is 5.56 Å². The fourth-order valence-corrected chi connectivity index (χ4v) is 2.50. The van der Waals surface area contributed by atoms with Gasteiger partial charge in [-0.25, -0.2) is 10.4 Å². The van der Waals surface area contributed by atoms with E-state index >= 15 is 0 Å². The number of aromatic amines is 1. The van der Waals surface area contributed by atoms with Crippen LogP contribution in [0.4, 0.5) is 5.95 Å². The molecule has 0 bridgehead atoms. The maximum atomic E-state index is 11.8. The van der Waals surface area contributed by atoms with E-state index in [2.05, 4.69) is 20.5 Å². The molecule has 2 N–H and O–H groups in total. The SMILES string of the molecule is Cc1ccc(/C=N/Nc2nc3sccc3c(=O)[nH]2)cc1. The summed E-state index contributed by atoms with van der Waals surface area (Å²) in [5, 5.41) is 6.51. The second-order valence-corrected chi connectivity index (χ2v) is 5.23. The largest absolute Gasteiger partial charge is 0.291 e. The van der Waals surface area contributed by atoms with Crippen LogP contribution in [0.2, 0.25) is 0 Å². The molecule has 0 atom stereocenters. The van der Waals surface area contributed by atoms with Gasteiger partial charge >= 0.3 is 0 Å². The van der Waals surface area contributed by atoms with Gasteiger partial charge in [0.15, 0.2) is 0 Å². The number of hydrogen-bond donors (Lipinski definition) is 2. The molecule has 0 spiro atoms. The van der Waals surface area contributed by atoms with Crippen molar-refractivity contribution in [2.24, 2.45) is 5.10 Å². The third-order valence-corrected chi connectivity index (χ3v) is 3.60. The van der Waals surface area contributed by atoms with Crippen LogP contribution in [-0.2, 0) is 0 Å². The van der Waals surface area contributed by atoms with E-state index in [1.807, 2.05) is 36.6 Å². The molecule has 0 unspecified atom stereocenters. The first-order valence-corrected chi connectivity index (χ1v) is 6.93. The summed E-state index contributed by atoms with van der Waals surface area (Å²) in [5.41, 5.74) is 4.75. The normalized spacial score (nSPS) is 11.2. The highest BCUT2D eigenvalue weighted by molar-refractivity contribution is 7.16. The highest BCUT2D eigenvalue weighted by atomic mass is 32.1. The number of hydrazone groups is 1. The number of H-pyrrole nitrogens is 1. The van der Waals surface area contributed by atoms with Crippen LogP contribution < -0.4 is 11.0 Å². The van der Waals surface area contributed by atoms with Gasteiger partial charge in [0.25, 0.3) is 5.56 Å². The molecule has 0 aliphatic rings. The zero-order chi connectivity index (χ0) is 13.9. The highest BCUT2D eigenvalue weighted by Gasteiger charge is 2.03. The minimum absolute atomic E-state index is 0.163. The standard InChI is InChI=1S/C14H12N4OS/c1-9-2-4-10(5-3-9)8-15-18-14-16-12(19)11-6-7-20-13(11)17-14/h2-8H,1H3,(H2,16,17,18,19)/b15-8+. The molecule has 20 heavy (non-hydrogen) atoms. The second kappa shape index (κ2) is 5.26. The third-order valence-electron chi connectivity index (χ3n) is 2.80. The molecule has 2 aromatic heterocycles. The Kier molecular flexibility index (Phi) is 3.30. The maximum Gasteiger partial charge on any atom is 0.261 e. The fourth-order valence-electron chi connectivity index (χ4n) is 1.74. The summed E-state index contributed by atoms with van der Waals surface area (Å²) in [7, 11) is 0. The summed E-state index contributed by atoms with van der Waals surface area (Å²) in [6.07, 6.45) is 1.68. The summed E-state index contributed by atoms with van der Waals surface area (Å²) >= 11 is 1.42. The molecule has 0 aliphatic carbocycles. The van der Waals surface area contributed by atoms with E-state index < -0.39 is 0 Å². The number of fused-ring (bicyclic) bond motifs is 1. The van der Waals surface area contributed by atoms with E-state index in [4.69, 9.17) is 0 Å². The van der Waals surface area contributed by atoms with Crippen molar-refractivity contribution in [1.82, 2.24) is 9.97 Å². The lowest BCUT2D eigenvalue weighted by Gasteiger charge is -1.99. The predicted octanol–water partition coefficient (Wildman–Crippen LogP) is 2.74. The molecule has 0 radical (unpaired) electrons. The smallest absolute Gasteiger partial charge is 0.261 e. The molecule has 6 heteroatoms. The van der Waals surface area contributed by atoms with Gasteiger partial charge in [0.2, 0.25) is 5.95 Å². The summed E-state index contributed by atoms with van der Waals surface area (Å²) < 4.78 is 0. The van der Waals surface area contributed by atoms with Crippen LogP contribution >= 0.6 is 11.3 Å². The van der Waals surface area contributed by atoms with E-state index in [9.17, 15) is 4.79 Å². The molecular formula is C14H12N4OS. The molecule has 3 aromatic rings. The Morgan fingerprint density at radius 1 is 1.30 bits per heavy atom. The molecule has 2 heterocycles. The zero-order valence-electron chi connectivity index (χ0n) is 10.8. The number of anilines is 1. The van der Waals surface area contributed by atoms with Crippen LogP contribution in [0, 0.1) is 6.92 Å². The van der Waals surface area contributed by atoms with Crippen molar-refractivity contribution in [1.29, 1.82) is 0 Å². The Balaban J connectivity index is 1.79. The number of nitrogens with zero attached hydrogens (tertiary/aromatic N) is 2. The van der Waals surface area contributed by atoms with Crippen LogP contribution in [0.1, 0.15) is 11.1 Å². The topological polar surface area (TPSA) is 70.1 Å². The molecule has 100 valence electrons. The van der Waals surface area contributed by atoms with Crippen LogP contribution in [-0.4, -0.2) is 16.2 Å². The summed E-state index contributed by atoms with van der Waals surface area (Å²) in [6.45, 7) is 2.03. The van der Waals surface area contributed by atoms with Crippen molar-refractivity contribution in [3.05, 3.63) is 57.2 Å². The van der Waals surface area contributed by atoms with Gasteiger partial charge in [-0.15, -0.1) is 11.3 Å². The van der Waals surface area contributed by atoms with E-state index in [1.54, 1.807) is 12.3 Å². The number of benzene rings is 1. The van der Waals surface area contributed by atoms with Gasteiger partial charge in [0, 0.05) is 0 Å². The lowest BCUT2D eigenvalue weighted by Crippen LogP contribution is -2.09. The van der Waals surface area contributed by atoms with Crippen molar-refractivity contribution >= 4 is 33.7 Å². The molecule has 0 aliphatic heterocycles. The van der Waals surface area contributed by atoms with E-state index in [-0.39, 0.29) is 5.56 Å². The van der Waals surface area contributed by atoms with Crippen molar-refractivity contribution < 1.29 is 0 Å². The van der Waals surface area contributed by atoms with Crippen LogP contribution in [0.25, 0.3) is 10.2 Å². The summed E-state index contributed by atoms with van der Waals surface area (Å²) in [4.78, 5) is 19.4. The van der Waals surface area contributed by atoms with Crippen molar-refractivity contribution in [3.8, 4) is 0 Å². The van der Waals surface area contributed by atoms with Gasteiger partial charge in [0.05, 0.1) is 11.6 Å². The predicted molar refractivity (Wildman–Crippen MR) is 82.6 cm³/mol. The molecule has 0 saturated heterocycles. The molecular weight excluding hydrogens is 272 g/mol. The van der Waals surface area contributed by atoms with Crippen molar-refractivity contribution in [2.45, 2.75) is 6.92 Å². The minimum atomic E-state index is -0.163. The monoisotopic (exact) mass is 284 g/mol. The zero-order valence-corrected chi connectivity index (χ0v) is 11.6. The average Bonchev–Trinajstić information content (AvgIpc) is 2.90. The summed E-state index contributed by atoms with van der Waals surface area (Å²) in [6, 6.07) is 9.72. The van der Waals surface area contributed by atoms with Crippen molar-refractivity contribution in [2.75, 3.05) is 5.43 Å². The summed E-state index contributed by atoms with van der Waals surface area (Å²) in [5.74, 6) is 0.341. The Hall–Kier alpha value is -2.47. The van der Waals surface area contributed by atoms with Crippen molar-refractivity contribution in [3.63, 3.8) is 0 Å². The Morgan fingerprint density at radius 2 is 2.10 bits per heavy atom. The Labute approximate surface area is 119 Å². The number of aryl methyl sites for hydroxylation is 1. The first-order chi connectivity index (χ1) is 9.72. The van der Waals surface area contributed by atoms with Crippen LogP contribution in [0.15, 0.2) is 45.6 Å². The first kappa shape index (κ1) is 12.6. The number of nitrogens with one attached hydrogen (secondary N) is 2. The van der Waals surface area contributed by atoms with Gasteiger partial charge in [-0.3, -0.25) is 9.78 Å². The molecule has 1 aromatic carbocycles. The molecule has 5 nitrogen and oxygen atoms in total. The van der Waals surface area contributed by atoms with Gasteiger partial charge in [-0.05, 0) is 23.9 Å².